The topological polar surface area (TPSA) is 21.8 Å². The normalized spacial score (nSPS) is 18.6. The maximum absolute atomic E-state index is 5.87. The molecule has 0 aromatic heterocycles. The van der Waals surface area contributed by atoms with Crippen molar-refractivity contribution in [3.8, 4) is 5.75 Å². The minimum absolute atomic E-state index is 0.0400. The molecule has 2 rings (SSSR count). The zero-order valence-corrected chi connectivity index (χ0v) is 18.4. The third-order valence-electron chi connectivity index (χ3n) is 5.54. The number of benzene rings is 1. The van der Waals surface area contributed by atoms with Crippen LogP contribution in [0.1, 0.15) is 96.5 Å². The predicted octanol–water partition coefficient (Wildman–Crippen LogP) is 7.65. The highest BCUT2D eigenvalue weighted by Crippen LogP contribution is 2.27. The molecule has 1 heterocycles. The molecule has 28 heavy (non-hydrogen) atoms. The van der Waals surface area contributed by atoms with Gasteiger partial charge in [-0.1, -0.05) is 82.6 Å². The highest BCUT2D eigenvalue weighted by molar-refractivity contribution is 5.28. The molecule has 0 saturated carbocycles. The molecule has 1 atom stereocenters. The quantitative estimate of drug-likeness (QED) is 0.156. The predicted molar refractivity (Wildman–Crippen MR) is 120 cm³/mol. The lowest BCUT2D eigenvalue weighted by Gasteiger charge is -2.10. The summed E-state index contributed by atoms with van der Waals surface area (Å²) in [5.74, 6) is 0.982. The van der Waals surface area contributed by atoms with Crippen LogP contribution in [0.4, 0.5) is 0 Å². The number of allylic oxidation sites excluding steroid dienone is 2. The molecule has 158 valence electrons. The Morgan fingerprint density at radius 1 is 0.929 bits per heavy atom. The minimum atomic E-state index is -0.0400. The average molecular weight is 387 g/mol. The van der Waals surface area contributed by atoms with Gasteiger partial charge in [0.25, 0.3) is 0 Å². The number of hydrogen-bond acceptors (Lipinski definition) is 2. The van der Waals surface area contributed by atoms with Crippen LogP contribution in [0.5, 0.6) is 5.75 Å². The van der Waals surface area contributed by atoms with Gasteiger partial charge in [-0.25, -0.2) is 0 Å². The van der Waals surface area contributed by atoms with Crippen LogP contribution in [0.2, 0.25) is 0 Å². The third kappa shape index (κ3) is 10.9. The van der Waals surface area contributed by atoms with Crippen molar-refractivity contribution in [2.45, 2.75) is 103 Å². The number of rotatable bonds is 17. The van der Waals surface area contributed by atoms with E-state index < -0.39 is 0 Å². The Kier molecular flexibility index (Phi) is 11.4. The lowest BCUT2D eigenvalue weighted by atomic mass is 10.0. The first-order chi connectivity index (χ1) is 13.7. The first-order valence-electron chi connectivity index (χ1n) is 11.7. The standard InChI is InChI=1S/C26H42O2/c1-3-4-5-6-7-8-9-10-11-12-13-14-15-16-18-24-19-17-20-25(21-24)27-22-26(2)23-28-26/h5-6,17,19-21H,3-4,7-16,18,22-23H2,1-2H3/b6-5+. The average Bonchev–Trinajstić information content (AvgIpc) is 3.45. The van der Waals surface area contributed by atoms with Crippen molar-refractivity contribution >= 4 is 0 Å². The SMILES string of the molecule is CCC/C=C/CCCCCCCCCCCc1cccc(OCC2(C)CO2)c1. The van der Waals surface area contributed by atoms with Gasteiger partial charge < -0.3 is 9.47 Å². The Hall–Kier alpha value is -1.28. The second-order valence-electron chi connectivity index (χ2n) is 8.66. The molecule has 0 spiro atoms. The summed E-state index contributed by atoms with van der Waals surface area (Å²) in [6, 6.07) is 8.58. The van der Waals surface area contributed by atoms with E-state index in [9.17, 15) is 0 Å². The van der Waals surface area contributed by atoms with Crippen molar-refractivity contribution in [1.82, 2.24) is 0 Å². The Balaban J connectivity index is 1.40. The summed E-state index contributed by atoms with van der Waals surface area (Å²) in [5, 5.41) is 0. The molecule has 0 amide bonds. The van der Waals surface area contributed by atoms with Gasteiger partial charge in [-0.2, -0.15) is 0 Å². The fraction of sp³-hybridized carbons (Fsp3) is 0.692. The summed E-state index contributed by atoms with van der Waals surface area (Å²) < 4.78 is 11.2. The molecule has 1 saturated heterocycles. The molecule has 1 aliphatic rings. The Bertz CT molecular complexity index is 545. The molecule has 1 fully saturated rings. The number of aryl methyl sites for hydroxylation is 1. The maximum Gasteiger partial charge on any atom is 0.123 e. The summed E-state index contributed by atoms with van der Waals surface area (Å²) in [6.07, 6.45) is 22.1. The summed E-state index contributed by atoms with van der Waals surface area (Å²) in [7, 11) is 0. The summed E-state index contributed by atoms with van der Waals surface area (Å²) in [5.41, 5.74) is 1.36. The van der Waals surface area contributed by atoms with Crippen LogP contribution in [0.15, 0.2) is 36.4 Å². The van der Waals surface area contributed by atoms with Crippen molar-refractivity contribution in [2.24, 2.45) is 0 Å². The van der Waals surface area contributed by atoms with Crippen LogP contribution >= 0.6 is 0 Å². The molecule has 0 radical (unpaired) electrons. The Labute approximate surface area is 173 Å². The van der Waals surface area contributed by atoms with Gasteiger partial charge in [-0.3, -0.25) is 0 Å². The molecule has 0 N–H and O–H groups in total. The van der Waals surface area contributed by atoms with Crippen LogP contribution in [0, 0.1) is 0 Å². The second kappa shape index (κ2) is 13.8. The summed E-state index contributed by atoms with van der Waals surface area (Å²) in [4.78, 5) is 0. The van der Waals surface area contributed by atoms with Crippen LogP contribution in [0.25, 0.3) is 0 Å². The van der Waals surface area contributed by atoms with Gasteiger partial charge in [0.15, 0.2) is 0 Å². The van der Waals surface area contributed by atoms with Gasteiger partial charge >= 0.3 is 0 Å². The summed E-state index contributed by atoms with van der Waals surface area (Å²) in [6.45, 7) is 5.82. The van der Waals surface area contributed by atoms with Crippen LogP contribution in [0.3, 0.4) is 0 Å². The van der Waals surface area contributed by atoms with Gasteiger partial charge in [-0.05, 0) is 56.7 Å². The van der Waals surface area contributed by atoms with Gasteiger partial charge in [0, 0.05) is 0 Å². The molecular weight excluding hydrogens is 344 g/mol. The second-order valence-corrected chi connectivity index (χ2v) is 8.66. The van der Waals surface area contributed by atoms with E-state index in [0.29, 0.717) is 6.61 Å². The fourth-order valence-corrected chi connectivity index (χ4v) is 3.46. The zero-order chi connectivity index (χ0) is 19.9. The molecule has 0 bridgehead atoms. The molecule has 1 aromatic rings. The van der Waals surface area contributed by atoms with Crippen molar-refractivity contribution in [3.63, 3.8) is 0 Å². The molecule has 1 aliphatic heterocycles. The first kappa shape index (κ1) is 23.0. The zero-order valence-electron chi connectivity index (χ0n) is 18.4. The lowest BCUT2D eigenvalue weighted by Crippen LogP contribution is -2.16. The minimum Gasteiger partial charge on any atom is -0.490 e. The smallest absolute Gasteiger partial charge is 0.123 e. The number of unbranched alkanes of at least 4 members (excludes halogenated alkanes) is 10. The van der Waals surface area contributed by atoms with E-state index >= 15 is 0 Å². The van der Waals surface area contributed by atoms with Crippen molar-refractivity contribution < 1.29 is 9.47 Å². The molecule has 2 nitrogen and oxygen atoms in total. The molecule has 1 unspecified atom stereocenters. The van der Waals surface area contributed by atoms with Crippen LogP contribution in [-0.4, -0.2) is 18.8 Å². The Morgan fingerprint density at radius 2 is 1.57 bits per heavy atom. The molecular formula is C26H42O2. The molecule has 0 aliphatic carbocycles. The van der Waals surface area contributed by atoms with Crippen molar-refractivity contribution in [2.75, 3.05) is 13.2 Å². The van der Waals surface area contributed by atoms with Gasteiger partial charge in [0.1, 0.15) is 18.0 Å². The van der Waals surface area contributed by atoms with E-state index in [0.717, 1.165) is 18.8 Å². The van der Waals surface area contributed by atoms with Gasteiger partial charge in [-0.15, -0.1) is 0 Å². The Morgan fingerprint density at radius 3 is 2.25 bits per heavy atom. The molecule has 2 heteroatoms. The van der Waals surface area contributed by atoms with Crippen molar-refractivity contribution in [1.29, 1.82) is 0 Å². The van der Waals surface area contributed by atoms with E-state index in [1.165, 1.54) is 82.6 Å². The van der Waals surface area contributed by atoms with E-state index in [2.05, 4.69) is 50.3 Å². The monoisotopic (exact) mass is 386 g/mol. The number of ether oxygens (including phenoxy) is 2. The van der Waals surface area contributed by atoms with E-state index in [1.807, 2.05) is 0 Å². The highest BCUT2D eigenvalue weighted by Gasteiger charge is 2.40. The van der Waals surface area contributed by atoms with Crippen LogP contribution < -0.4 is 4.74 Å². The lowest BCUT2D eigenvalue weighted by molar-refractivity contribution is 0.202. The number of epoxide rings is 1. The van der Waals surface area contributed by atoms with Gasteiger partial charge in [0.05, 0.1) is 6.61 Å². The number of hydrogen-bond donors (Lipinski definition) is 0. The van der Waals surface area contributed by atoms with Crippen molar-refractivity contribution in [3.05, 3.63) is 42.0 Å². The van der Waals surface area contributed by atoms with Gasteiger partial charge in [0.2, 0.25) is 0 Å². The maximum atomic E-state index is 5.87. The first-order valence-corrected chi connectivity index (χ1v) is 11.7. The molecule has 1 aromatic carbocycles. The fourth-order valence-electron chi connectivity index (χ4n) is 3.46. The van der Waals surface area contributed by atoms with Crippen LogP contribution in [-0.2, 0) is 11.2 Å². The highest BCUT2D eigenvalue weighted by atomic mass is 16.6. The van der Waals surface area contributed by atoms with E-state index in [-0.39, 0.29) is 5.60 Å². The third-order valence-corrected chi connectivity index (χ3v) is 5.54. The largest absolute Gasteiger partial charge is 0.490 e. The van der Waals surface area contributed by atoms with E-state index in [1.54, 1.807) is 0 Å². The van der Waals surface area contributed by atoms with E-state index in [4.69, 9.17) is 9.47 Å². The summed E-state index contributed by atoms with van der Waals surface area (Å²) >= 11 is 0.